The molecule has 4 nitrogen and oxygen atoms in total. The number of hydrogen-bond acceptors (Lipinski definition) is 4. The van der Waals surface area contributed by atoms with E-state index >= 15 is 0 Å². The van der Waals surface area contributed by atoms with Crippen molar-refractivity contribution in [2.45, 2.75) is 0 Å². The Morgan fingerprint density at radius 2 is 1.76 bits per heavy atom. The first kappa shape index (κ1) is 16.8. The fraction of sp³-hybridized carbons (Fsp3) is 0.158. The van der Waals surface area contributed by atoms with E-state index in [2.05, 4.69) is 9.97 Å². The molecule has 0 unspecified atom stereocenters. The van der Waals surface area contributed by atoms with Gasteiger partial charge in [0.05, 0.1) is 24.6 Å². The molecule has 0 bridgehead atoms. The zero-order chi connectivity index (χ0) is 17.6. The Labute approximate surface area is 144 Å². The SMILES string of the molecule is CN(CCOc1ccccc1F)c1cncc(-c2ccc(F)cc2)n1. The van der Waals surface area contributed by atoms with Gasteiger partial charge in [0.25, 0.3) is 0 Å². The predicted molar refractivity (Wildman–Crippen MR) is 92.6 cm³/mol. The van der Waals surface area contributed by atoms with E-state index in [4.69, 9.17) is 4.74 Å². The molecule has 1 heterocycles. The number of likely N-dealkylation sites (N-methyl/N-ethyl adjacent to an activating group) is 1. The minimum Gasteiger partial charge on any atom is -0.489 e. The van der Waals surface area contributed by atoms with Gasteiger partial charge in [0.2, 0.25) is 0 Å². The van der Waals surface area contributed by atoms with E-state index in [1.807, 2.05) is 11.9 Å². The molecule has 6 heteroatoms. The first-order valence-corrected chi connectivity index (χ1v) is 7.80. The number of benzene rings is 2. The molecule has 0 amide bonds. The highest BCUT2D eigenvalue weighted by atomic mass is 19.1. The van der Waals surface area contributed by atoms with Crippen molar-refractivity contribution in [2.75, 3.05) is 25.1 Å². The smallest absolute Gasteiger partial charge is 0.165 e. The van der Waals surface area contributed by atoms with Gasteiger partial charge >= 0.3 is 0 Å². The van der Waals surface area contributed by atoms with Crippen LogP contribution >= 0.6 is 0 Å². The summed E-state index contributed by atoms with van der Waals surface area (Å²) in [5.41, 5.74) is 1.44. The Morgan fingerprint density at radius 1 is 1.00 bits per heavy atom. The Kier molecular flexibility index (Phi) is 5.18. The summed E-state index contributed by atoms with van der Waals surface area (Å²) in [6.07, 6.45) is 3.26. The second-order valence-electron chi connectivity index (χ2n) is 5.47. The van der Waals surface area contributed by atoms with E-state index < -0.39 is 0 Å². The molecule has 0 saturated heterocycles. The van der Waals surface area contributed by atoms with Crippen LogP contribution in [0.5, 0.6) is 5.75 Å². The first-order valence-electron chi connectivity index (χ1n) is 7.80. The average molecular weight is 341 g/mol. The Morgan fingerprint density at radius 3 is 2.52 bits per heavy atom. The number of halogens is 2. The van der Waals surface area contributed by atoms with Gasteiger partial charge in [-0.25, -0.2) is 13.8 Å². The van der Waals surface area contributed by atoms with Crippen molar-refractivity contribution in [3.63, 3.8) is 0 Å². The fourth-order valence-corrected chi connectivity index (χ4v) is 2.27. The van der Waals surface area contributed by atoms with Crippen LogP contribution in [-0.2, 0) is 0 Å². The minimum atomic E-state index is -0.386. The van der Waals surface area contributed by atoms with Gasteiger partial charge in [-0.15, -0.1) is 0 Å². The zero-order valence-corrected chi connectivity index (χ0v) is 13.7. The maximum Gasteiger partial charge on any atom is 0.165 e. The second kappa shape index (κ2) is 7.70. The Bertz CT molecular complexity index is 840. The molecule has 0 aliphatic heterocycles. The van der Waals surface area contributed by atoms with E-state index in [-0.39, 0.29) is 17.4 Å². The molecule has 25 heavy (non-hydrogen) atoms. The van der Waals surface area contributed by atoms with Crippen molar-refractivity contribution in [2.24, 2.45) is 0 Å². The number of anilines is 1. The van der Waals surface area contributed by atoms with Crippen LogP contribution in [0.3, 0.4) is 0 Å². The summed E-state index contributed by atoms with van der Waals surface area (Å²) in [4.78, 5) is 10.6. The standard InChI is InChI=1S/C19H17F2N3O/c1-24(10-11-25-18-5-3-2-4-16(18)21)19-13-22-12-17(23-19)14-6-8-15(20)9-7-14/h2-9,12-13H,10-11H2,1H3. The van der Waals surface area contributed by atoms with Gasteiger partial charge in [-0.05, 0) is 36.4 Å². The monoisotopic (exact) mass is 341 g/mol. The number of aromatic nitrogens is 2. The van der Waals surface area contributed by atoms with Crippen LogP contribution in [0.25, 0.3) is 11.3 Å². The Balaban J connectivity index is 1.64. The normalized spacial score (nSPS) is 10.5. The van der Waals surface area contributed by atoms with Gasteiger partial charge in [-0.1, -0.05) is 12.1 Å². The maximum atomic E-state index is 13.5. The van der Waals surface area contributed by atoms with Crippen LogP contribution < -0.4 is 9.64 Å². The quantitative estimate of drug-likeness (QED) is 0.681. The molecule has 0 N–H and O–H groups in total. The fourth-order valence-electron chi connectivity index (χ4n) is 2.27. The lowest BCUT2D eigenvalue weighted by Gasteiger charge is -2.18. The molecule has 1 aromatic heterocycles. The van der Waals surface area contributed by atoms with E-state index in [9.17, 15) is 8.78 Å². The molecule has 0 saturated carbocycles. The third-order valence-electron chi connectivity index (χ3n) is 3.67. The van der Waals surface area contributed by atoms with Crippen LogP contribution in [0.15, 0.2) is 60.9 Å². The van der Waals surface area contributed by atoms with Crippen molar-refractivity contribution >= 4 is 5.82 Å². The van der Waals surface area contributed by atoms with Gasteiger partial charge in [-0.2, -0.15) is 0 Å². The molecular formula is C19H17F2N3O. The predicted octanol–water partition coefficient (Wildman–Crippen LogP) is 3.94. The van der Waals surface area contributed by atoms with Gasteiger partial charge in [0.1, 0.15) is 18.2 Å². The largest absolute Gasteiger partial charge is 0.489 e. The van der Waals surface area contributed by atoms with Crippen molar-refractivity contribution in [3.05, 3.63) is 72.6 Å². The molecule has 0 spiro atoms. The topological polar surface area (TPSA) is 38.2 Å². The van der Waals surface area contributed by atoms with Crippen molar-refractivity contribution < 1.29 is 13.5 Å². The van der Waals surface area contributed by atoms with E-state index in [0.29, 0.717) is 24.7 Å². The number of ether oxygens (including phenoxy) is 1. The summed E-state index contributed by atoms with van der Waals surface area (Å²) in [6, 6.07) is 12.4. The third kappa shape index (κ3) is 4.29. The summed E-state index contributed by atoms with van der Waals surface area (Å²) < 4.78 is 32.0. The summed E-state index contributed by atoms with van der Waals surface area (Å²) in [6.45, 7) is 0.815. The van der Waals surface area contributed by atoms with Gasteiger partial charge in [-0.3, -0.25) is 4.98 Å². The second-order valence-corrected chi connectivity index (χ2v) is 5.47. The zero-order valence-electron chi connectivity index (χ0n) is 13.7. The van der Waals surface area contributed by atoms with Crippen LogP contribution in [0.1, 0.15) is 0 Å². The Hall–Kier alpha value is -3.02. The third-order valence-corrected chi connectivity index (χ3v) is 3.67. The lowest BCUT2D eigenvalue weighted by atomic mass is 10.1. The highest BCUT2D eigenvalue weighted by Crippen LogP contribution is 2.19. The molecule has 3 rings (SSSR count). The number of hydrogen-bond donors (Lipinski definition) is 0. The molecule has 0 radical (unpaired) electrons. The number of nitrogens with zero attached hydrogens (tertiary/aromatic N) is 3. The summed E-state index contributed by atoms with van der Waals surface area (Å²) >= 11 is 0. The molecule has 0 aliphatic carbocycles. The lowest BCUT2D eigenvalue weighted by Crippen LogP contribution is -2.25. The first-order chi connectivity index (χ1) is 12.1. The molecule has 0 atom stereocenters. The van der Waals surface area contributed by atoms with Crippen LogP contribution in [0, 0.1) is 11.6 Å². The summed E-state index contributed by atoms with van der Waals surface area (Å²) in [5, 5.41) is 0. The van der Waals surface area contributed by atoms with Gasteiger partial charge in [0.15, 0.2) is 11.6 Å². The maximum absolute atomic E-state index is 13.5. The summed E-state index contributed by atoms with van der Waals surface area (Å²) in [7, 11) is 1.85. The molecule has 128 valence electrons. The van der Waals surface area contributed by atoms with Crippen LogP contribution in [-0.4, -0.2) is 30.2 Å². The molecule has 0 aliphatic rings. The molecular weight excluding hydrogens is 324 g/mol. The molecule has 2 aromatic carbocycles. The van der Waals surface area contributed by atoms with Crippen molar-refractivity contribution in [3.8, 4) is 17.0 Å². The molecule has 3 aromatic rings. The van der Waals surface area contributed by atoms with Crippen LogP contribution in [0.2, 0.25) is 0 Å². The lowest BCUT2D eigenvalue weighted by molar-refractivity contribution is 0.309. The highest BCUT2D eigenvalue weighted by molar-refractivity contribution is 5.59. The number of para-hydroxylation sites is 1. The molecule has 0 fully saturated rings. The number of rotatable bonds is 6. The highest BCUT2D eigenvalue weighted by Gasteiger charge is 2.08. The summed E-state index contributed by atoms with van der Waals surface area (Å²) in [5.74, 6) is 0.194. The van der Waals surface area contributed by atoms with Crippen LogP contribution in [0.4, 0.5) is 14.6 Å². The van der Waals surface area contributed by atoms with E-state index in [1.54, 1.807) is 42.7 Å². The van der Waals surface area contributed by atoms with Crippen molar-refractivity contribution in [1.29, 1.82) is 0 Å². The van der Waals surface area contributed by atoms with E-state index in [1.165, 1.54) is 18.2 Å². The van der Waals surface area contributed by atoms with Gasteiger partial charge < -0.3 is 9.64 Å². The average Bonchev–Trinajstić information content (AvgIpc) is 2.64. The van der Waals surface area contributed by atoms with E-state index in [0.717, 1.165) is 5.56 Å². The minimum absolute atomic E-state index is 0.224. The van der Waals surface area contributed by atoms with Gasteiger partial charge in [0, 0.05) is 12.6 Å². The van der Waals surface area contributed by atoms with Crippen molar-refractivity contribution in [1.82, 2.24) is 9.97 Å².